The Morgan fingerprint density at radius 2 is 2.25 bits per heavy atom. The van der Waals surface area contributed by atoms with Gasteiger partial charge in [0.05, 0.1) is 0 Å². The van der Waals surface area contributed by atoms with Gasteiger partial charge >= 0.3 is 0 Å². The van der Waals surface area contributed by atoms with E-state index < -0.39 is 0 Å². The molecule has 0 aliphatic heterocycles. The summed E-state index contributed by atoms with van der Waals surface area (Å²) in [5, 5.41) is 0. The second-order valence-corrected chi connectivity index (χ2v) is 3.30. The monoisotopic (exact) mass is 163 g/mol. The van der Waals surface area contributed by atoms with Crippen molar-refractivity contribution in [1.29, 1.82) is 0 Å². The first-order valence-corrected chi connectivity index (χ1v) is 4.75. The van der Waals surface area contributed by atoms with Gasteiger partial charge in [0.15, 0.2) is 0 Å². The predicted octanol–water partition coefficient (Wildman–Crippen LogP) is 3.38. The lowest BCUT2D eigenvalue weighted by Crippen LogP contribution is -1.95. The molecular formula is C11H17N. The van der Waals surface area contributed by atoms with Crippen LogP contribution in [0.1, 0.15) is 44.7 Å². The molecule has 0 aromatic carbocycles. The maximum absolute atomic E-state index is 4.33. The average molecular weight is 163 g/mol. The number of nitrogens with zero attached hydrogens (tertiary/aromatic N) is 1. The zero-order valence-corrected chi connectivity index (χ0v) is 7.96. The van der Waals surface area contributed by atoms with Crippen LogP contribution >= 0.6 is 0 Å². The van der Waals surface area contributed by atoms with Crippen LogP contribution in [0.4, 0.5) is 0 Å². The second kappa shape index (κ2) is 4.91. The smallest absolute Gasteiger partial charge is 0.0431 e. The third-order valence-corrected chi connectivity index (χ3v) is 2.18. The van der Waals surface area contributed by atoms with Crippen molar-refractivity contribution in [2.45, 2.75) is 39.0 Å². The van der Waals surface area contributed by atoms with E-state index in [9.17, 15) is 0 Å². The zero-order valence-electron chi connectivity index (χ0n) is 7.96. The summed E-state index contributed by atoms with van der Waals surface area (Å²) in [6.07, 6.45) is 5.71. The molecule has 0 amide bonds. The topological polar surface area (TPSA) is 12.9 Å². The predicted molar refractivity (Wildman–Crippen MR) is 52.2 cm³/mol. The fraction of sp³-hybridized carbons (Fsp3) is 0.545. The molecule has 0 bridgehead atoms. The van der Waals surface area contributed by atoms with Gasteiger partial charge in [0.1, 0.15) is 0 Å². The summed E-state index contributed by atoms with van der Waals surface area (Å²) in [5.41, 5.74) is 1.23. The van der Waals surface area contributed by atoms with Gasteiger partial charge in [0.2, 0.25) is 0 Å². The SMILES string of the molecule is CCCCC(C)c1ccccn1. The molecule has 1 nitrogen and oxygen atoms in total. The number of hydrogen-bond donors (Lipinski definition) is 0. The molecule has 1 heteroatoms. The van der Waals surface area contributed by atoms with E-state index in [0.29, 0.717) is 5.92 Å². The molecule has 1 aromatic rings. The van der Waals surface area contributed by atoms with Crippen LogP contribution in [0.2, 0.25) is 0 Å². The summed E-state index contributed by atoms with van der Waals surface area (Å²) in [7, 11) is 0. The third kappa shape index (κ3) is 2.65. The standard InChI is InChI=1S/C11H17N/c1-3-4-7-10(2)11-8-5-6-9-12-11/h5-6,8-10H,3-4,7H2,1-2H3. The van der Waals surface area contributed by atoms with Gasteiger partial charge in [-0.25, -0.2) is 0 Å². The first-order valence-electron chi connectivity index (χ1n) is 4.75. The highest BCUT2D eigenvalue weighted by Crippen LogP contribution is 2.18. The highest BCUT2D eigenvalue weighted by molar-refractivity contribution is 5.07. The maximum Gasteiger partial charge on any atom is 0.0431 e. The van der Waals surface area contributed by atoms with Crippen molar-refractivity contribution < 1.29 is 0 Å². The highest BCUT2D eigenvalue weighted by Gasteiger charge is 2.04. The van der Waals surface area contributed by atoms with Crippen molar-refractivity contribution in [2.75, 3.05) is 0 Å². The molecule has 0 fully saturated rings. The van der Waals surface area contributed by atoms with Crippen LogP contribution in [0.5, 0.6) is 0 Å². The van der Waals surface area contributed by atoms with E-state index in [1.807, 2.05) is 12.3 Å². The van der Waals surface area contributed by atoms with Crippen LogP contribution in [0.15, 0.2) is 24.4 Å². The minimum absolute atomic E-state index is 0.617. The minimum atomic E-state index is 0.617. The van der Waals surface area contributed by atoms with E-state index in [1.165, 1.54) is 25.0 Å². The molecule has 0 radical (unpaired) electrons. The van der Waals surface area contributed by atoms with Gasteiger partial charge in [-0.1, -0.05) is 32.8 Å². The summed E-state index contributed by atoms with van der Waals surface area (Å²) in [5.74, 6) is 0.617. The molecule has 1 aromatic heterocycles. The van der Waals surface area contributed by atoms with Crippen LogP contribution < -0.4 is 0 Å². The number of hydrogen-bond acceptors (Lipinski definition) is 1. The summed E-state index contributed by atoms with van der Waals surface area (Å²) in [6.45, 7) is 4.48. The van der Waals surface area contributed by atoms with Gasteiger partial charge in [-0.15, -0.1) is 0 Å². The number of unbranched alkanes of at least 4 members (excludes halogenated alkanes) is 1. The van der Waals surface area contributed by atoms with Crippen molar-refractivity contribution in [2.24, 2.45) is 0 Å². The fourth-order valence-corrected chi connectivity index (χ4v) is 1.33. The van der Waals surface area contributed by atoms with Gasteiger partial charge in [-0.2, -0.15) is 0 Å². The van der Waals surface area contributed by atoms with E-state index in [4.69, 9.17) is 0 Å². The molecule has 66 valence electrons. The molecule has 0 saturated heterocycles. The highest BCUT2D eigenvalue weighted by atomic mass is 14.7. The van der Waals surface area contributed by atoms with E-state index in [0.717, 1.165) is 0 Å². The van der Waals surface area contributed by atoms with E-state index >= 15 is 0 Å². The molecule has 0 N–H and O–H groups in total. The summed E-state index contributed by atoms with van der Waals surface area (Å²) >= 11 is 0. The molecule has 1 heterocycles. The molecule has 12 heavy (non-hydrogen) atoms. The summed E-state index contributed by atoms with van der Waals surface area (Å²) < 4.78 is 0. The molecule has 1 unspecified atom stereocenters. The number of rotatable bonds is 4. The quantitative estimate of drug-likeness (QED) is 0.663. The van der Waals surface area contributed by atoms with Gasteiger partial charge in [-0.05, 0) is 24.5 Å². The Morgan fingerprint density at radius 3 is 2.83 bits per heavy atom. The van der Waals surface area contributed by atoms with Gasteiger partial charge in [0, 0.05) is 11.9 Å². The molecular weight excluding hydrogens is 146 g/mol. The fourth-order valence-electron chi connectivity index (χ4n) is 1.33. The first-order chi connectivity index (χ1) is 5.84. The van der Waals surface area contributed by atoms with Gasteiger partial charge in [-0.3, -0.25) is 4.98 Å². The largest absolute Gasteiger partial charge is 0.261 e. The normalized spacial score (nSPS) is 12.8. The Hall–Kier alpha value is -0.850. The molecule has 1 rings (SSSR count). The van der Waals surface area contributed by atoms with E-state index in [1.54, 1.807) is 0 Å². The van der Waals surface area contributed by atoms with Crippen LogP contribution in [0.25, 0.3) is 0 Å². The Morgan fingerprint density at radius 1 is 1.42 bits per heavy atom. The van der Waals surface area contributed by atoms with Crippen molar-refractivity contribution in [3.05, 3.63) is 30.1 Å². The van der Waals surface area contributed by atoms with Crippen molar-refractivity contribution in [3.63, 3.8) is 0 Å². The molecule has 0 saturated carbocycles. The van der Waals surface area contributed by atoms with Crippen LogP contribution in [-0.4, -0.2) is 4.98 Å². The summed E-state index contributed by atoms with van der Waals surface area (Å²) in [6, 6.07) is 6.14. The van der Waals surface area contributed by atoms with Crippen molar-refractivity contribution >= 4 is 0 Å². The lowest BCUT2D eigenvalue weighted by Gasteiger charge is -2.08. The number of aromatic nitrogens is 1. The van der Waals surface area contributed by atoms with E-state index in [-0.39, 0.29) is 0 Å². The number of pyridine rings is 1. The van der Waals surface area contributed by atoms with Crippen LogP contribution in [0, 0.1) is 0 Å². The zero-order chi connectivity index (χ0) is 8.81. The summed E-state index contributed by atoms with van der Waals surface area (Å²) in [4.78, 5) is 4.33. The van der Waals surface area contributed by atoms with Crippen LogP contribution in [0.3, 0.4) is 0 Å². The minimum Gasteiger partial charge on any atom is -0.261 e. The lowest BCUT2D eigenvalue weighted by atomic mass is 10.0. The van der Waals surface area contributed by atoms with Gasteiger partial charge in [0.25, 0.3) is 0 Å². The second-order valence-electron chi connectivity index (χ2n) is 3.30. The Bertz CT molecular complexity index is 206. The van der Waals surface area contributed by atoms with Crippen molar-refractivity contribution in [3.8, 4) is 0 Å². The maximum atomic E-state index is 4.33. The Kier molecular flexibility index (Phi) is 3.78. The van der Waals surface area contributed by atoms with Crippen LogP contribution in [-0.2, 0) is 0 Å². The third-order valence-electron chi connectivity index (χ3n) is 2.18. The Balaban J connectivity index is 2.48. The first kappa shape index (κ1) is 9.24. The average Bonchev–Trinajstić information content (AvgIpc) is 2.15. The molecule has 0 aliphatic carbocycles. The van der Waals surface area contributed by atoms with Gasteiger partial charge < -0.3 is 0 Å². The molecule has 1 atom stereocenters. The van der Waals surface area contributed by atoms with E-state index in [2.05, 4.69) is 31.0 Å². The Labute approximate surface area is 74.8 Å². The van der Waals surface area contributed by atoms with Crippen molar-refractivity contribution in [1.82, 2.24) is 4.98 Å². The molecule has 0 aliphatic rings. The molecule has 0 spiro atoms. The lowest BCUT2D eigenvalue weighted by molar-refractivity contribution is 0.611.